The largest absolute Gasteiger partial charge is 0.545 e. The Labute approximate surface area is 605 Å². The number of carboxylic acids is 1. The topological polar surface area (TPSA) is 111 Å². The van der Waals surface area contributed by atoms with Gasteiger partial charge in [0.1, 0.15) is 13.2 Å². The van der Waals surface area contributed by atoms with Crippen molar-refractivity contribution in [1.82, 2.24) is 0 Å². The summed E-state index contributed by atoms with van der Waals surface area (Å²) in [6, 6.07) is 0. The van der Waals surface area contributed by atoms with Crippen LogP contribution in [0.1, 0.15) is 463 Å². The lowest BCUT2D eigenvalue weighted by molar-refractivity contribution is -0.870. The number of hydrogen-bond donors (Lipinski definition) is 0. The molecule has 0 radical (unpaired) electrons. The van der Waals surface area contributed by atoms with Crippen molar-refractivity contribution in [2.75, 3.05) is 47.5 Å². The van der Waals surface area contributed by atoms with Crippen LogP contribution in [0.4, 0.5) is 0 Å². The summed E-state index contributed by atoms with van der Waals surface area (Å²) < 4.78 is 22.9. The number of nitrogens with zero attached hydrogens (tertiary/aromatic N) is 1. The van der Waals surface area contributed by atoms with Crippen LogP contribution >= 0.6 is 0 Å². The Morgan fingerprint density at radius 1 is 0.309 bits per heavy atom. The minimum absolute atomic E-state index is 0.153. The maximum absolute atomic E-state index is 13.0. The molecule has 574 valence electrons. The Kier molecular flexibility index (Phi) is 77.6. The normalized spacial score (nSPS) is 12.6. The summed E-state index contributed by atoms with van der Waals surface area (Å²) in [6.45, 7) is 4.84. The van der Waals surface area contributed by atoms with Gasteiger partial charge in [0, 0.05) is 12.8 Å². The third kappa shape index (κ3) is 80.9. The Balaban J connectivity index is 3.90. The highest BCUT2D eigenvalue weighted by Crippen LogP contribution is 2.21. The van der Waals surface area contributed by atoms with Gasteiger partial charge in [-0.25, -0.2) is 0 Å². The second-order valence-electron chi connectivity index (χ2n) is 31.2. The van der Waals surface area contributed by atoms with Gasteiger partial charge in [0.25, 0.3) is 0 Å². The van der Waals surface area contributed by atoms with Crippen molar-refractivity contribution < 1.29 is 42.9 Å². The third-order valence-corrected chi connectivity index (χ3v) is 20.2. The van der Waals surface area contributed by atoms with E-state index in [-0.39, 0.29) is 32.2 Å². The quantitative estimate of drug-likeness (QED) is 0.0195. The van der Waals surface area contributed by atoms with Crippen molar-refractivity contribution in [2.45, 2.75) is 476 Å². The fourth-order valence-corrected chi connectivity index (χ4v) is 13.6. The Bertz CT molecular complexity index is 1640. The molecule has 97 heavy (non-hydrogen) atoms. The molecule has 0 fully saturated rings. The van der Waals surface area contributed by atoms with Gasteiger partial charge in [0.05, 0.1) is 40.3 Å². The molecule has 0 bridgehead atoms. The van der Waals surface area contributed by atoms with E-state index in [1.165, 1.54) is 392 Å². The average Bonchev–Trinajstić information content (AvgIpc) is 2.39. The number of carbonyl (C=O) groups excluding carboxylic acids is 3. The number of allylic oxidation sites excluding steroid dienone is 4. The molecular formula is C88H169NO8. The Hall–Kier alpha value is -2.23. The van der Waals surface area contributed by atoms with Gasteiger partial charge in [0.2, 0.25) is 0 Å². The number of ether oxygens (including phenoxy) is 4. The fraction of sp³-hybridized carbons (Fsp3) is 0.920. The standard InChI is InChI=1S/C88H169NO8/c1-6-8-10-12-14-16-18-20-22-24-26-28-30-32-34-36-38-40-41-42-43-44-45-47-49-51-53-55-57-59-61-63-65-67-69-71-73-75-77-79-86(91)97-84(83-96-88(87(92)93)94-81-80-89(3,4)5)82-95-85(90)78-76-74-72-70-68-66-64-62-60-58-56-54-52-50-48-46-39-37-35-33-31-29-27-25-23-21-19-17-15-13-11-9-7-2/h18,20,24,26,84,88H,6-17,19,21-23,25,27-83H2,1-5H3/b20-18-,26-24-. The van der Waals surface area contributed by atoms with Crippen molar-refractivity contribution in [3.05, 3.63) is 24.3 Å². The fourth-order valence-electron chi connectivity index (χ4n) is 13.6. The van der Waals surface area contributed by atoms with Crippen molar-refractivity contribution in [2.24, 2.45) is 0 Å². The maximum Gasteiger partial charge on any atom is 0.306 e. The molecular weight excluding hydrogens is 1200 g/mol. The van der Waals surface area contributed by atoms with Crippen LogP contribution in [0.15, 0.2) is 24.3 Å². The maximum atomic E-state index is 13.0. The minimum atomic E-state index is -1.62. The van der Waals surface area contributed by atoms with Crippen LogP contribution in [0.2, 0.25) is 0 Å². The summed E-state index contributed by atoms with van der Waals surface area (Å²) in [5.74, 6) is -2.24. The van der Waals surface area contributed by atoms with E-state index in [4.69, 9.17) is 18.9 Å². The molecule has 0 rings (SSSR count). The highest BCUT2D eigenvalue weighted by molar-refractivity contribution is 5.70. The molecule has 9 heteroatoms. The van der Waals surface area contributed by atoms with Gasteiger partial charge >= 0.3 is 11.9 Å². The van der Waals surface area contributed by atoms with Crippen LogP contribution in [0.25, 0.3) is 0 Å². The molecule has 0 aromatic rings. The van der Waals surface area contributed by atoms with Gasteiger partial charge in [0.15, 0.2) is 12.4 Å². The van der Waals surface area contributed by atoms with Crippen LogP contribution in [0.3, 0.4) is 0 Å². The number of likely N-dealkylation sites (N-methyl/N-ethyl adjacent to an activating group) is 1. The number of esters is 2. The van der Waals surface area contributed by atoms with Gasteiger partial charge < -0.3 is 33.3 Å². The summed E-state index contributed by atoms with van der Waals surface area (Å²) in [4.78, 5) is 37.7. The molecule has 0 aliphatic rings. The van der Waals surface area contributed by atoms with E-state index in [1.54, 1.807) is 0 Å². The number of aliphatic carboxylic acids is 1. The zero-order valence-electron chi connectivity index (χ0n) is 66.0. The van der Waals surface area contributed by atoms with Crippen LogP contribution in [0, 0.1) is 0 Å². The van der Waals surface area contributed by atoms with E-state index in [9.17, 15) is 19.5 Å². The van der Waals surface area contributed by atoms with Crippen molar-refractivity contribution in [3.63, 3.8) is 0 Å². The first-order valence-corrected chi connectivity index (χ1v) is 43.5. The van der Waals surface area contributed by atoms with E-state index >= 15 is 0 Å². The molecule has 0 heterocycles. The van der Waals surface area contributed by atoms with E-state index in [1.807, 2.05) is 21.1 Å². The SMILES string of the molecule is CCCCCCC/C=C\C/C=C\CCCCCCCCCCCCCCCCCCCCCCCCCCCCCC(=O)OC(COC(=O)CCCCCCCCCCCCCCCCCCCCCCCCCCCCCCCCCCC)COC(OCC[N+](C)(C)C)C(=O)[O-]. The molecule has 9 nitrogen and oxygen atoms in total. The first kappa shape index (κ1) is 94.8. The third-order valence-electron chi connectivity index (χ3n) is 20.2. The molecule has 0 spiro atoms. The highest BCUT2D eigenvalue weighted by Gasteiger charge is 2.22. The second-order valence-corrected chi connectivity index (χ2v) is 31.2. The molecule has 0 aliphatic carbocycles. The molecule has 0 saturated heterocycles. The summed E-state index contributed by atoms with van der Waals surface area (Å²) in [6.07, 6.45) is 99.2. The van der Waals surface area contributed by atoms with Crippen molar-refractivity contribution >= 4 is 17.9 Å². The van der Waals surface area contributed by atoms with Gasteiger partial charge in [-0.2, -0.15) is 0 Å². The first-order valence-electron chi connectivity index (χ1n) is 43.5. The number of carbonyl (C=O) groups is 3. The predicted octanol–water partition coefficient (Wildman–Crippen LogP) is 26.7. The van der Waals surface area contributed by atoms with Gasteiger partial charge in [-0.05, 0) is 44.9 Å². The van der Waals surface area contributed by atoms with Crippen molar-refractivity contribution in [1.29, 1.82) is 0 Å². The van der Waals surface area contributed by atoms with Crippen LogP contribution in [-0.2, 0) is 33.3 Å². The average molecular weight is 1370 g/mol. The molecule has 0 aliphatic heterocycles. The van der Waals surface area contributed by atoms with E-state index < -0.39 is 24.3 Å². The molecule has 0 aromatic heterocycles. The molecule has 0 saturated carbocycles. The van der Waals surface area contributed by atoms with E-state index in [0.29, 0.717) is 17.4 Å². The van der Waals surface area contributed by atoms with E-state index in [0.717, 1.165) is 44.9 Å². The van der Waals surface area contributed by atoms with Gasteiger partial charge in [-0.15, -0.1) is 0 Å². The van der Waals surface area contributed by atoms with Gasteiger partial charge in [-0.3, -0.25) is 9.59 Å². The second kappa shape index (κ2) is 79.5. The molecule has 2 atom stereocenters. The Morgan fingerprint density at radius 2 is 0.557 bits per heavy atom. The summed E-state index contributed by atoms with van der Waals surface area (Å²) >= 11 is 0. The predicted molar refractivity (Wildman–Crippen MR) is 417 cm³/mol. The number of hydrogen-bond acceptors (Lipinski definition) is 8. The van der Waals surface area contributed by atoms with Crippen LogP contribution < -0.4 is 5.11 Å². The molecule has 2 unspecified atom stereocenters. The molecule has 0 amide bonds. The number of rotatable bonds is 83. The van der Waals surface area contributed by atoms with E-state index in [2.05, 4.69) is 38.2 Å². The first-order chi connectivity index (χ1) is 47.6. The number of unbranched alkanes of at least 4 members (excludes halogenated alkanes) is 64. The zero-order valence-corrected chi connectivity index (χ0v) is 66.0. The smallest absolute Gasteiger partial charge is 0.306 e. The minimum Gasteiger partial charge on any atom is -0.545 e. The Morgan fingerprint density at radius 3 is 0.814 bits per heavy atom. The zero-order chi connectivity index (χ0) is 70.4. The molecule has 0 N–H and O–H groups in total. The summed E-state index contributed by atoms with van der Waals surface area (Å²) in [7, 11) is 5.96. The highest BCUT2D eigenvalue weighted by atomic mass is 16.7. The lowest BCUT2D eigenvalue weighted by Crippen LogP contribution is -2.44. The van der Waals surface area contributed by atoms with Crippen LogP contribution in [0.5, 0.6) is 0 Å². The summed E-state index contributed by atoms with van der Waals surface area (Å²) in [5.41, 5.74) is 0. The molecule has 0 aromatic carbocycles. The van der Waals surface area contributed by atoms with Crippen LogP contribution in [-0.4, -0.2) is 82.3 Å². The van der Waals surface area contributed by atoms with Crippen molar-refractivity contribution in [3.8, 4) is 0 Å². The number of quaternary nitrogens is 1. The summed E-state index contributed by atoms with van der Waals surface area (Å²) in [5, 5.41) is 11.9. The monoisotopic (exact) mass is 1370 g/mol. The van der Waals surface area contributed by atoms with Gasteiger partial charge in [-0.1, -0.05) is 430 Å². The lowest BCUT2D eigenvalue weighted by atomic mass is 10.0. The number of carboxylic acid groups (broad SMARTS) is 1. The lowest BCUT2D eigenvalue weighted by Gasteiger charge is -2.26.